The van der Waals surface area contributed by atoms with Gasteiger partial charge in [0, 0.05) is 17.8 Å². The number of nitrogens with zero attached hydrogens (tertiary/aromatic N) is 1. The lowest BCUT2D eigenvalue weighted by molar-refractivity contribution is 0.119. The van der Waals surface area contributed by atoms with Crippen molar-refractivity contribution in [2.24, 2.45) is 17.1 Å². The molecule has 2 fully saturated rings. The predicted octanol–water partition coefficient (Wildman–Crippen LogP) is 2.58. The van der Waals surface area contributed by atoms with Gasteiger partial charge in [0.1, 0.15) is 0 Å². The number of thioether (sulfide) groups is 1. The Labute approximate surface area is 111 Å². The monoisotopic (exact) mass is 256 g/mol. The molecule has 3 unspecified atom stereocenters. The summed E-state index contributed by atoms with van der Waals surface area (Å²) >= 11 is 2.13. The summed E-state index contributed by atoms with van der Waals surface area (Å²) in [5.74, 6) is 3.38. The molecular weight excluding hydrogens is 228 g/mol. The minimum absolute atomic E-state index is 0.513. The second-order valence-corrected chi connectivity index (χ2v) is 7.73. The molecule has 0 aromatic heterocycles. The van der Waals surface area contributed by atoms with Gasteiger partial charge < -0.3 is 5.73 Å². The van der Waals surface area contributed by atoms with Crippen molar-refractivity contribution in [2.45, 2.75) is 51.6 Å². The largest absolute Gasteiger partial charge is 0.330 e. The van der Waals surface area contributed by atoms with Crippen LogP contribution in [0, 0.1) is 11.3 Å². The van der Waals surface area contributed by atoms with Gasteiger partial charge in [0.05, 0.1) is 0 Å². The molecule has 0 spiro atoms. The van der Waals surface area contributed by atoms with E-state index >= 15 is 0 Å². The first-order valence-electron chi connectivity index (χ1n) is 7.03. The van der Waals surface area contributed by atoms with Crippen LogP contribution >= 0.6 is 11.8 Å². The fourth-order valence-corrected chi connectivity index (χ4v) is 5.00. The van der Waals surface area contributed by atoms with Crippen LogP contribution in [0.25, 0.3) is 0 Å². The fraction of sp³-hybridized carbons (Fsp3) is 1.00. The number of nitrogens with two attached hydrogens (primary N) is 1. The summed E-state index contributed by atoms with van der Waals surface area (Å²) in [6.45, 7) is 5.70. The Morgan fingerprint density at radius 3 is 2.76 bits per heavy atom. The van der Waals surface area contributed by atoms with Gasteiger partial charge in [-0.3, -0.25) is 4.90 Å². The second-order valence-electron chi connectivity index (χ2n) is 6.70. The Kier molecular flexibility index (Phi) is 4.43. The molecule has 2 N–H and O–H groups in total. The molecule has 1 saturated carbocycles. The van der Waals surface area contributed by atoms with Crippen molar-refractivity contribution in [1.29, 1.82) is 0 Å². The van der Waals surface area contributed by atoms with Crippen LogP contribution in [0.1, 0.15) is 39.5 Å². The number of hydrogen-bond acceptors (Lipinski definition) is 3. The van der Waals surface area contributed by atoms with Crippen molar-refractivity contribution in [3.05, 3.63) is 0 Å². The quantitative estimate of drug-likeness (QED) is 0.841. The lowest BCUT2D eigenvalue weighted by Gasteiger charge is -2.43. The molecule has 0 bridgehead atoms. The van der Waals surface area contributed by atoms with Crippen LogP contribution < -0.4 is 5.73 Å². The first kappa shape index (κ1) is 13.7. The van der Waals surface area contributed by atoms with Crippen LogP contribution in [0.3, 0.4) is 0 Å². The van der Waals surface area contributed by atoms with Gasteiger partial charge in [0.2, 0.25) is 0 Å². The highest BCUT2D eigenvalue weighted by Gasteiger charge is 2.36. The maximum Gasteiger partial charge on any atom is 0.0191 e. The van der Waals surface area contributed by atoms with Crippen LogP contribution in [0.5, 0.6) is 0 Å². The fourth-order valence-electron chi connectivity index (χ4n) is 3.59. The smallest absolute Gasteiger partial charge is 0.0191 e. The minimum atomic E-state index is 0.513. The van der Waals surface area contributed by atoms with E-state index in [1.165, 1.54) is 37.2 Å². The van der Waals surface area contributed by atoms with Crippen LogP contribution in [0.4, 0.5) is 0 Å². The molecule has 0 radical (unpaired) electrons. The van der Waals surface area contributed by atoms with E-state index in [0.717, 1.165) is 24.5 Å². The van der Waals surface area contributed by atoms with Gasteiger partial charge >= 0.3 is 0 Å². The minimum Gasteiger partial charge on any atom is -0.330 e. The van der Waals surface area contributed by atoms with E-state index in [2.05, 4.69) is 37.6 Å². The van der Waals surface area contributed by atoms with Crippen LogP contribution in [0.2, 0.25) is 0 Å². The van der Waals surface area contributed by atoms with Crippen molar-refractivity contribution in [1.82, 2.24) is 4.90 Å². The molecular formula is C14H28N2S. The molecule has 0 aromatic carbocycles. The van der Waals surface area contributed by atoms with E-state index in [9.17, 15) is 0 Å². The van der Waals surface area contributed by atoms with E-state index < -0.39 is 0 Å². The summed E-state index contributed by atoms with van der Waals surface area (Å²) in [5, 5.41) is 0. The number of rotatable bonds is 3. The predicted molar refractivity (Wildman–Crippen MR) is 77.5 cm³/mol. The van der Waals surface area contributed by atoms with Crippen molar-refractivity contribution in [2.75, 3.05) is 25.1 Å². The standard InChI is InChI=1S/C14H28N2S/c1-14(2)7-12(9-17-10-14)16(3)13-6-4-5-11(13)8-15/h11-13H,4-10,15H2,1-3H3. The molecule has 1 heterocycles. The van der Waals surface area contributed by atoms with E-state index in [1.54, 1.807) is 0 Å². The van der Waals surface area contributed by atoms with E-state index in [1.807, 2.05) is 0 Å². The third kappa shape index (κ3) is 3.18. The molecule has 3 atom stereocenters. The Morgan fingerprint density at radius 2 is 2.12 bits per heavy atom. The Morgan fingerprint density at radius 1 is 1.35 bits per heavy atom. The van der Waals surface area contributed by atoms with Crippen LogP contribution in [-0.2, 0) is 0 Å². The van der Waals surface area contributed by atoms with Gasteiger partial charge in [0.25, 0.3) is 0 Å². The molecule has 3 heteroatoms. The lowest BCUT2D eigenvalue weighted by Crippen LogP contribution is -2.48. The normalized spacial score (nSPS) is 37.6. The Bertz CT molecular complexity index is 255. The highest BCUT2D eigenvalue weighted by atomic mass is 32.2. The second kappa shape index (κ2) is 5.50. The third-order valence-corrected chi connectivity index (χ3v) is 6.22. The Balaban J connectivity index is 1.96. The van der Waals surface area contributed by atoms with Gasteiger partial charge in [-0.2, -0.15) is 11.8 Å². The molecule has 1 aliphatic heterocycles. The molecule has 0 amide bonds. The molecule has 2 aliphatic rings. The third-order valence-electron chi connectivity index (χ3n) is 4.61. The van der Waals surface area contributed by atoms with E-state index in [4.69, 9.17) is 5.73 Å². The number of hydrogen-bond donors (Lipinski definition) is 1. The lowest BCUT2D eigenvalue weighted by atomic mass is 9.86. The molecule has 17 heavy (non-hydrogen) atoms. The zero-order valence-electron chi connectivity index (χ0n) is 11.6. The molecule has 0 aromatic rings. The topological polar surface area (TPSA) is 29.3 Å². The summed E-state index contributed by atoms with van der Waals surface area (Å²) in [6, 6.07) is 1.51. The first-order valence-corrected chi connectivity index (χ1v) is 8.19. The zero-order valence-corrected chi connectivity index (χ0v) is 12.4. The molecule has 2 rings (SSSR count). The molecule has 100 valence electrons. The molecule has 1 saturated heterocycles. The highest BCUT2D eigenvalue weighted by Crippen LogP contribution is 2.38. The SMILES string of the molecule is CN(C1CSCC(C)(C)C1)C1CCCC1CN. The van der Waals surface area contributed by atoms with Crippen LogP contribution in [0.15, 0.2) is 0 Å². The van der Waals surface area contributed by atoms with Gasteiger partial charge in [-0.05, 0) is 49.9 Å². The highest BCUT2D eigenvalue weighted by molar-refractivity contribution is 7.99. The molecule has 2 nitrogen and oxygen atoms in total. The first-order chi connectivity index (χ1) is 8.03. The van der Waals surface area contributed by atoms with Crippen molar-refractivity contribution in [3.8, 4) is 0 Å². The van der Waals surface area contributed by atoms with Crippen molar-refractivity contribution < 1.29 is 0 Å². The van der Waals surface area contributed by atoms with E-state index in [-0.39, 0.29) is 0 Å². The summed E-state index contributed by atoms with van der Waals surface area (Å²) in [7, 11) is 2.34. The van der Waals surface area contributed by atoms with Gasteiger partial charge in [-0.25, -0.2) is 0 Å². The Hall–Kier alpha value is 0.270. The van der Waals surface area contributed by atoms with Gasteiger partial charge in [-0.15, -0.1) is 0 Å². The van der Waals surface area contributed by atoms with Crippen molar-refractivity contribution >= 4 is 11.8 Å². The maximum atomic E-state index is 5.91. The average Bonchev–Trinajstić information content (AvgIpc) is 2.74. The van der Waals surface area contributed by atoms with Gasteiger partial charge in [0.15, 0.2) is 0 Å². The summed E-state index contributed by atoms with van der Waals surface area (Å²) in [5.41, 5.74) is 6.43. The zero-order chi connectivity index (χ0) is 12.5. The maximum absolute atomic E-state index is 5.91. The van der Waals surface area contributed by atoms with E-state index in [0.29, 0.717) is 5.41 Å². The summed E-state index contributed by atoms with van der Waals surface area (Å²) < 4.78 is 0. The molecule has 1 aliphatic carbocycles. The summed E-state index contributed by atoms with van der Waals surface area (Å²) in [6.07, 6.45) is 5.43. The van der Waals surface area contributed by atoms with Crippen LogP contribution in [-0.4, -0.2) is 42.1 Å². The van der Waals surface area contributed by atoms with Crippen molar-refractivity contribution in [3.63, 3.8) is 0 Å². The summed E-state index contributed by atoms with van der Waals surface area (Å²) in [4.78, 5) is 2.67. The van der Waals surface area contributed by atoms with Gasteiger partial charge in [-0.1, -0.05) is 20.3 Å². The average molecular weight is 256 g/mol.